The number of rotatable bonds is 3. The van der Waals surface area contributed by atoms with Crippen LogP contribution in [0.5, 0.6) is 0 Å². The molecule has 0 bridgehead atoms. The molecule has 20 heavy (non-hydrogen) atoms. The number of carbonyl (C=O) groups excluding carboxylic acids is 1. The number of hydrogen-bond donors (Lipinski definition) is 3. The van der Waals surface area contributed by atoms with Crippen molar-refractivity contribution in [2.75, 3.05) is 16.4 Å². The quantitative estimate of drug-likeness (QED) is 0.744. The van der Waals surface area contributed by atoms with Gasteiger partial charge in [0.1, 0.15) is 0 Å². The maximum Gasteiger partial charge on any atom is 0.224 e. The van der Waals surface area contributed by atoms with Gasteiger partial charge in [0.2, 0.25) is 5.91 Å². The molecule has 0 unspecified atom stereocenters. The van der Waals surface area contributed by atoms with Gasteiger partial charge in [-0.1, -0.05) is 5.16 Å². The Kier molecular flexibility index (Phi) is 3.06. The van der Waals surface area contributed by atoms with E-state index in [4.69, 9.17) is 10.3 Å². The lowest BCUT2D eigenvalue weighted by Crippen LogP contribution is -2.19. The van der Waals surface area contributed by atoms with E-state index in [2.05, 4.69) is 15.8 Å². The zero-order valence-corrected chi connectivity index (χ0v) is 11.2. The van der Waals surface area contributed by atoms with Crippen molar-refractivity contribution in [3.63, 3.8) is 0 Å². The van der Waals surface area contributed by atoms with E-state index in [1.54, 1.807) is 6.07 Å². The van der Waals surface area contributed by atoms with E-state index in [1.165, 1.54) is 0 Å². The SMILES string of the molecule is Cc1cc(CNc2cc3c(cc2N)NC(=O)CC3)on1. The molecule has 4 N–H and O–H groups in total. The number of aromatic nitrogens is 1. The summed E-state index contributed by atoms with van der Waals surface area (Å²) in [4.78, 5) is 11.3. The fourth-order valence-electron chi connectivity index (χ4n) is 2.28. The van der Waals surface area contributed by atoms with Crippen LogP contribution in [0.4, 0.5) is 17.1 Å². The number of nitrogens with zero attached hydrogens (tertiary/aromatic N) is 1. The van der Waals surface area contributed by atoms with Crippen molar-refractivity contribution < 1.29 is 9.32 Å². The number of hydrogen-bond acceptors (Lipinski definition) is 5. The van der Waals surface area contributed by atoms with Gasteiger partial charge < -0.3 is 20.9 Å². The van der Waals surface area contributed by atoms with Gasteiger partial charge in [-0.15, -0.1) is 0 Å². The van der Waals surface area contributed by atoms with Crippen molar-refractivity contribution in [3.05, 3.63) is 35.2 Å². The van der Waals surface area contributed by atoms with Gasteiger partial charge in [-0.05, 0) is 31.0 Å². The molecule has 0 fully saturated rings. The minimum atomic E-state index is 0.0368. The second-order valence-corrected chi connectivity index (χ2v) is 4.93. The predicted octanol–water partition coefficient (Wildman–Crippen LogP) is 2.06. The normalized spacial score (nSPS) is 13.8. The van der Waals surface area contributed by atoms with Crippen LogP contribution in [0.1, 0.15) is 23.4 Å². The lowest BCUT2D eigenvalue weighted by atomic mass is 10.0. The summed E-state index contributed by atoms with van der Waals surface area (Å²) in [6, 6.07) is 5.65. The van der Waals surface area contributed by atoms with Crippen LogP contribution in [0.3, 0.4) is 0 Å². The summed E-state index contributed by atoms with van der Waals surface area (Å²) in [6.07, 6.45) is 1.25. The highest BCUT2D eigenvalue weighted by atomic mass is 16.5. The summed E-state index contributed by atoms with van der Waals surface area (Å²) >= 11 is 0. The number of benzene rings is 1. The van der Waals surface area contributed by atoms with Gasteiger partial charge >= 0.3 is 0 Å². The number of amides is 1. The molecule has 0 radical (unpaired) electrons. The number of carbonyl (C=O) groups is 1. The molecule has 2 heterocycles. The number of nitrogens with one attached hydrogen (secondary N) is 2. The van der Waals surface area contributed by atoms with Crippen molar-refractivity contribution in [2.24, 2.45) is 0 Å². The minimum Gasteiger partial charge on any atom is -0.397 e. The average molecular weight is 272 g/mol. The molecule has 6 heteroatoms. The van der Waals surface area contributed by atoms with Gasteiger partial charge in [0, 0.05) is 18.2 Å². The van der Waals surface area contributed by atoms with Gasteiger partial charge in [-0.25, -0.2) is 0 Å². The molecule has 0 saturated carbocycles. The van der Waals surface area contributed by atoms with Crippen LogP contribution in [-0.2, 0) is 17.8 Å². The van der Waals surface area contributed by atoms with E-state index >= 15 is 0 Å². The highest BCUT2D eigenvalue weighted by Gasteiger charge is 2.16. The molecular weight excluding hydrogens is 256 g/mol. The first-order chi connectivity index (χ1) is 9.61. The number of nitrogens with two attached hydrogens (primary N) is 1. The topological polar surface area (TPSA) is 93.2 Å². The molecule has 1 aromatic heterocycles. The second kappa shape index (κ2) is 4.88. The molecule has 1 aliphatic heterocycles. The third-order valence-electron chi connectivity index (χ3n) is 3.30. The maximum atomic E-state index is 11.3. The zero-order chi connectivity index (χ0) is 14.1. The van der Waals surface area contributed by atoms with Crippen LogP contribution in [0.2, 0.25) is 0 Å². The minimum absolute atomic E-state index is 0.0368. The van der Waals surface area contributed by atoms with Crippen molar-refractivity contribution in [3.8, 4) is 0 Å². The molecule has 6 nitrogen and oxygen atoms in total. The second-order valence-electron chi connectivity index (χ2n) is 4.93. The van der Waals surface area contributed by atoms with Crippen LogP contribution in [0, 0.1) is 6.92 Å². The Labute approximate surface area is 116 Å². The Hall–Kier alpha value is -2.50. The van der Waals surface area contributed by atoms with E-state index < -0.39 is 0 Å². The number of anilines is 3. The third-order valence-corrected chi connectivity index (χ3v) is 3.30. The standard InChI is InChI=1S/C14H16N4O2/c1-8-4-10(20-18-8)7-16-13-5-9-2-3-14(19)17-12(9)6-11(13)15/h4-6,16H,2-3,7,15H2,1H3,(H,17,19). The summed E-state index contributed by atoms with van der Waals surface area (Å²) in [5, 5.41) is 9.90. The average Bonchev–Trinajstić information content (AvgIpc) is 2.82. The molecule has 1 aliphatic rings. The number of aryl methyl sites for hydroxylation is 2. The van der Waals surface area contributed by atoms with Gasteiger partial charge in [0.05, 0.1) is 23.6 Å². The molecule has 0 atom stereocenters. The van der Waals surface area contributed by atoms with Gasteiger partial charge in [0.25, 0.3) is 0 Å². The van der Waals surface area contributed by atoms with Gasteiger partial charge in [-0.2, -0.15) is 0 Å². The highest BCUT2D eigenvalue weighted by Crippen LogP contribution is 2.31. The Morgan fingerprint density at radius 3 is 3.00 bits per heavy atom. The van der Waals surface area contributed by atoms with Crippen molar-refractivity contribution >= 4 is 23.0 Å². The fraction of sp³-hybridized carbons (Fsp3) is 0.286. The van der Waals surface area contributed by atoms with Crippen molar-refractivity contribution in [2.45, 2.75) is 26.3 Å². The molecule has 0 aliphatic carbocycles. The summed E-state index contributed by atoms with van der Waals surface area (Å²) < 4.78 is 5.14. The monoisotopic (exact) mass is 272 g/mol. The van der Waals surface area contributed by atoms with E-state index in [0.29, 0.717) is 18.7 Å². The molecule has 3 rings (SSSR count). The van der Waals surface area contributed by atoms with Crippen molar-refractivity contribution in [1.82, 2.24) is 5.16 Å². The van der Waals surface area contributed by atoms with E-state index in [0.717, 1.165) is 34.8 Å². The van der Waals surface area contributed by atoms with Crippen LogP contribution in [0.15, 0.2) is 22.7 Å². The summed E-state index contributed by atoms with van der Waals surface area (Å²) in [5.74, 6) is 0.794. The fourth-order valence-corrected chi connectivity index (χ4v) is 2.28. The summed E-state index contributed by atoms with van der Waals surface area (Å²) in [7, 11) is 0. The number of nitrogen functional groups attached to an aromatic ring is 1. The lowest BCUT2D eigenvalue weighted by molar-refractivity contribution is -0.116. The summed E-state index contributed by atoms with van der Waals surface area (Å²) in [5.41, 5.74) is 10.2. The number of fused-ring (bicyclic) bond motifs is 1. The van der Waals surface area contributed by atoms with Crippen LogP contribution in [-0.4, -0.2) is 11.1 Å². The first-order valence-corrected chi connectivity index (χ1v) is 6.50. The third kappa shape index (κ3) is 2.45. The zero-order valence-electron chi connectivity index (χ0n) is 11.2. The summed E-state index contributed by atoms with van der Waals surface area (Å²) in [6.45, 7) is 2.40. The van der Waals surface area contributed by atoms with Crippen LogP contribution in [0.25, 0.3) is 0 Å². The molecule has 0 saturated heterocycles. The van der Waals surface area contributed by atoms with Gasteiger partial charge in [-0.3, -0.25) is 4.79 Å². The predicted molar refractivity (Wildman–Crippen MR) is 76.4 cm³/mol. The maximum absolute atomic E-state index is 11.3. The molecule has 104 valence electrons. The highest BCUT2D eigenvalue weighted by molar-refractivity contribution is 5.95. The Balaban J connectivity index is 1.78. The molecule has 0 spiro atoms. The van der Waals surface area contributed by atoms with E-state index in [9.17, 15) is 4.79 Å². The molecular formula is C14H16N4O2. The Morgan fingerprint density at radius 2 is 2.25 bits per heavy atom. The Bertz CT molecular complexity index is 663. The van der Waals surface area contributed by atoms with E-state index in [1.807, 2.05) is 19.1 Å². The van der Waals surface area contributed by atoms with Crippen LogP contribution >= 0.6 is 0 Å². The largest absolute Gasteiger partial charge is 0.397 e. The Morgan fingerprint density at radius 1 is 1.40 bits per heavy atom. The van der Waals surface area contributed by atoms with Crippen LogP contribution < -0.4 is 16.4 Å². The van der Waals surface area contributed by atoms with E-state index in [-0.39, 0.29) is 5.91 Å². The van der Waals surface area contributed by atoms with Gasteiger partial charge in [0.15, 0.2) is 5.76 Å². The smallest absolute Gasteiger partial charge is 0.224 e. The van der Waals surface area contributed by atoms with Crippen molar-refractivity contribution in [1.29, 1.82) is 0 Å². The molecule has 1 amide bonds. The first kappa shape index (κ1) is 12.5. The first-order valence-electron chi connectivity index (χ1n) is 6.50. The molecule has 2 aromatic rings. The molecule has 1 aromatic carbocycles. The lowest BCUT2D eigenvalue weighted by Gasteiger charge is -2.19.